The molecule has 0 amide bonds. The molecule has 2 aliphatic heterocycles. The van der Waals surface area contributed by atoms with Crippen LogP contribution in [0.3, 0.4) is 0 Å². The van der Waals surface area contributed by atoms with Gasteiger partial charge in [-0.3, -0.25) is 4.99 Å². The number of aliphatic imine (C=N–C) groups is 1. The molecule has 1 aromatic rings. The lowest BCUT2D eigenvalue weighted by Crippen LogP contribution is -2.40. The minimum atomic E-state index is 0. The number of aryl methyl sites for hydroxylation is 2. The first kappa shape index (κ1) is 21.4. The second kappa shape index (κ2) is 9.90. The SMILES string of the molecule is CCNC(=NCC1CCc2nnc(C)n2C1)N1CCC(CC(C)C)C1.I. The van der Waals surface area contributed by atoms with Crippen molar-refractivity contribution in [2.45, 2.75) is 59.9 Å². The van der Waals surface area contributed by atoms with Crippen molar-refractivity contribution in [1.29, 1.82) is 0 Å². The Morgan fingerprint density at radius 1 is 1.23 bits per heavy atom. The van der Waals surface area contributed by atoms with Crippen molar-refractivity contribution in [2.75, 3.05) is 26.2 Å². The predicted molar refractivity (Wildman–Crippen MR) is 117 cm³/mol. The average Bonchev–Trinajstić information content (AvgIpc) is 3.18. The molecule has 0 aromatic carbocycles. The van der Waals surface area contributed by atoms with Crippen molar-refractivity contribution in [1.82, 2.24) is 25.0 Å². The van der Waals surface area contributed by atoms with Crippen LogP contribution in [-0.4, -0.2) is 51.8 Å². The summed E-state index contributed by atoms with van der Waals surface area (Å²) in [6, 6.07) is 0. The molecule has 6 nitrogen and oxygen atoms in total. The molecule has 2 unspecified atom stereocenters. The summed E-state index contributed by atoms with van der Waals surface area (Å²) >= 11 is 0. The van der Waals surface area contributed by atoms with E-state index in [1.165, 1.54) is 12.8 Å². The topological polar surface area (TPSA) is 58.3 Å². The first-order chi connectivity index (χ1) is 12.1. The summed E-state index contributed by atoms with van der Waals surface area (Å²) in [4.78, 5) is 7.46. The number of nitrogens with one attached hydrogen (secondary N) is 1. The summed E-state index contributed by atoms with van der Waals surface area (Å²) in [5.74, 6) is 5.48. The van der Waals surface area contributed by atoms with Gasteiger partial charge in [-0.05, 0) is 50.9 Å². The highest BCUT2D eigenvalue weighted by Gasteiger charge is 2.26. The zero-order chi connectivity index (χ0) is 17.8. The first-order valence-corrected chi connectivity index (χ1v) is 9.98. The Kier molecular flexibility index (Phi) is 8.16. The Morgan fingerprint density at radius 3 is 2.77 bits per heavy atom. The zero-order valence-electron chi connectivity index (χ0n) is 16.7. The third kappa shape index (κ3) is 5.33. The van der Waals surface area contributed by atoms with Crippen LogP contribution in [0.25, 0.3) is 0 Å². The van der Waals surface area contributed by atoms with Crippen LogP contribution in [0.4, 0.5) is 0 Å². The van der Waals surface area contributed by atoms with Gasteiger partial charge in [-0.25, -0.2) is 0 Å². The van der Waals surface area contributed by atoms with Gasteiger partial charge in [-0.1, -0.05) is 13.8 Å². The summed E-state index contributed by atoms with van der Waals surface area (Å²) in [7, 11) is 0. The molecule has 1 saturated heterocycles. The Hall–Kier alpha value is -0.860. The minimum absolute atomic E-state index is 0. The van der Waals surface area contributed by atoms with Crippen molar-refractivity contribution in [3.8, 4) is 0 Å². The molecule has 1 aromatic heterocycles. The van der Waals surface area contributed by atoms with E-state index in [0.717, 1.165) is 75.0 Å². The van der Waals surface area contributed by atoms with Crippen LogP contribution in [0, 0.1) is 24.7 Å². The molecule has 3 heterocycles. The number of likely N-dealkylation sites (tertiary alicyclic amines) is 1. The third-order valence-electron chi connectivity index (χ3n) is 5.45. The molecule has 3 rings (SSSR count). The smallest absolute Gasteiger partial charge is 0.193 e. The van der Waals surface area contributed by atoms with Crippen molar-refractivity contribution in [2.24, 2.45) is 22.7 Å². The monoisotopic (exact) mass is 474 g/mol. The van der Waals surface area contributed by atoms with Crippen LogP contribution in [-0.2, 0) is 13.0 Å². The van der Waals surface area contributed by atoms with Gasteiger partial charge in [0.1, 0.15) is 11.6 Å². The van der Waals surface area contributed by atoms with Gasteiger partial charge in [0.25, 0.3) is 0 Å². The highest BCUT2D eigenvalue weighted by molar-refractivity contribution is 14.0. The summed E-state index contributed by atoms with van der Waals surface area (Å²) < 4.78 is 2.27. The van der Waals surface area contributed by atoms with E-state index < -0.39 is 0 Å². The van der Waals surface area contributed by atoms with Crippen LogP contribution in [0.15, 0.2) is 4.99 Å². The summed E-state index contributed by atoms with van der Waals surface area (Å²) in [5, 5.41) is 12.0. The molecule has 0 radical (unpaired) electrons. The summed E-state index contributed by atoms with van der Waals surface area (Å²) in [6.07, 6.45) is 4.82. The van der Waals surface area contributed by atoms with E-state index in [0.29, 0.717) is 5.92 Å². The first-order valence-electron chi connectivity index (χ1n) is 9.98. The van der Waals surface area contributed by atoms with E-state index in [-0.39, 0.29) is 24.0 Å². The molecule has 0 spiro atoms. The van der Waals surface area contributed by atoms with E-state index in [9.17, 15) is 0 Å². The minimum Gasteiger partial charge on any atom is -0.357 e. The molecule has 0 aliphatic carbocycles. The van der Waals surface area contributed by atoms with Crippen molar-refractivity contribution >= 4 is 29.9 Å². The molecule has 2 aliphatic rings. The largest absolute Gasteiger partial charge is 0.357 e. The number of halogens is 1. The van der Waals surface area contributed by atoms with Gasteiger partial charge < -0.3 is 14.8 Å². The predicted octanol–water partition coefficient (Wildman–Crippen LogP) is 3.10. The lowest BCUT2D eigenvalue weighted by atomic mass is 9.97. The van der Waals surface area contributed by atoms with E-state index in [1.54, 1.807) is 0 Å². The van der Waals surface area contributed by atoms with E-state index in [4.69, 9.17) is 4.99 Å². The van der Waals surface area contributed by atoms with Crippen LogP contribution in [0.1, 0.15) is 51.7 Å². The number of hydrogen-bond donors (Lipinski definition) is 1. The van der Waals surface area contributed by atoms with E-state index in [2.05, 4.69) is 45.8 Å². The van der Waals surface area contributed by atoms with Crippen LogP contribution >= 0.6 is 24.0 Å². The van der Waals surface area contributed by atoms with Gasteiger partial charge in [0.15, 0.2) is 5.96 Å². The molecular weight excluding hydrogens is 439 g/mol. The fourth-order valence-electron chi connectivity index (χ4n) is 4.20. The standard InChI is InChI=1S/C19H34N6.HI/c1-5-20-19(24-9-8-16(12-24)10-14(2)3)21-11-17-6-7-18-23-22-15(4)25(18)13-17;/h14,16-17H,5-13H2,1-4H3,(H,20,21);1H. The highest BCUT2D eigenvalue weighted by atomic mass is 127. The molecule has 2 atom stereocenters. The van der Waals surface area contributed by atoms with Crippen LogP contribution in [0.2, 0.25) is 0 Å². The Bertz CT molecular complexity index is 597. The van der Waals surface area contributed by atoms with Crippen LogP contribution < -0.4 is 5.32 Å². The number of rotatable bonds is 5. The molecular formula is C19H35IN6. The quantitative estimate of drug-likeness (QED) is 0.405. The maximum atomic E-state index is 5.00. The van der Waals surface area contributed by atoms with Gasteiger partial charge in [-0.15, -0.1) is 34.2 Å². The molecule has 0 saturated carbocycles. The second-order valence-corrected chi connectivity index (χ2v) is 8.10. The number of hydrogen-bond acceptors (Lipinski definition) is 3. The Labute approximate surface area is 175 Å². The molecule has 0 bridgehead atoms. The molecule has 1 N–H and O–H groups in total. The number of aromatic nitrogens is 3. The second-order valence-electron chi connectivity index (χ2n) is 8.10. The zero-order valence-corrected chi connectivity index (χ0v) is 19.1. The summed E-state index contributed by atoms with van der Waals surface area (Å²) in [6.45, 7) is 14.0. The normalized spacial score (nSPS) is 23.1. The summed E-state index contributed by atoms with van der Waals surface area (Å²) in [5.41, 5.74) is 0. The van der Waals surface area contributed by atoms with Gasteiger partial charge in [0, 0.05) is 39.1 Å². The van der Waals surface area contributed by atoms with Gasteiger partial charge >= 0.3 is 0 Å². The maximum absolute atomic E-state index is 5.00. The fourth-order valence-corrected chi connectivity index (χ4v) is 4.20. The fraction of sp³-hybridized carbons (Fsp3) is 0.842. The van der Waals surface area contributed by atoms with Gasteiger partial charge in [0.05, 0.1) is 0 Å². The molecule has 148 valence electrons. The average molecular weight is 474 g/mol. The Morgan fingerprint density at radius 2 is 2.04 bits per heavy atom. The lowest BCUT2D eigenvalue weighted by molar-refractivity contribution is 0.365. The van der Waals surface area contributed by atoms with Gasteiger partial charge in [-0.2, -0.15) is 0 Å². The third-order valence-corrected chi connectivity index (χ3v) is 5.45. The Balaban J connectivity index is 0.00000243. The number of guanidine groups is 1. The van der Waals surface area contributed by atoms with Gasteiger partial charge in [0.2, 0.25) is 0 Å². The lowest BCUT2D eigenvalue weighted by Gasteiger charge is -2.25. The van der Waals surface area contributed by atoms with Crippen molar-refractivity contribution in [3.05, 3.63) is 11.6 Å². The van der Waals surface area contributed by atoms with Crippen LogP contribution in [0.5, 0.6) is 0 Å². The number of nitrogens with zero attached hydrogens (tertiary/aromatic N) is 5. The number of fused-ring (bicyclic) bond motifs is 1. The van der Waals surface area contributed by atoms with Crippen molar-refractivity contribution in [3.63, 3.8) is 0 Å². The molecule has 1 fully saturated rings. The van der Waals surface area contributed by atoms with Crippen molar-refractivity contribution < 1.29 is 0 Å². The maximum Gasteiger partial charge on any atom is 0.193 e. The van der Waals surface area contributed by atoms with E-state index in [1.807, 2.05) is 6.92 Å². The van der Waals surface area contributed by atoms with E-state index >= 15 is 0 Å². The molecule has 7 heteroatoms. The highest BCUT2D eigenvalue weighted by Crippen LogP contribution is 2.24. The molecule has 26 heavy (non-hydrogen) atoms.